The Kier molecular flexibility index (Phi) is 8.03. The lowest BCUT2D eigenvalue weighted by Gasteiger charge is -2.23. The van der Waals surface area contributed by atoms with Crippen molar-refractivity contribution >= 4 is 27.8 Å². The highest BCUT2D eigenvalue weighted by molar-refractivity contribution is 5.94. The Bertz CT molecular complexity index is 1480. The molecule has 0 saturated carbocycles. The predicted molar refractivity (Wildman–Crippen MR) is 139 cm³/mol. The van der Waals surface area contributed by atoms with Crippen LogP contribution in [0.1, 0.15) is 28.0 Å². The molecule has 2 heterocycles. The largest absolute Gasteiger partial charge is 0.394 e. The van der Waals surface area contributed by atoms with Crippen LogP contribution in [0.3, 0.4) is 0 Å². The molecule has 0 fully saturated rings. The Morgan fingerprint density at radius 1 is 1.03 bits per heavy atom. The van der Waals surface area contributed by atoms with E-state index >= 15 is 0 Å². The van der Waals surface area contributed by atoms with Crippen LogP contribution in [0, 0.1) is 13.8 Å². The summed E-state index contributed by atoms with van der Waals surface area (Å²) in [4.78, 5) is 30.6. The van der Waals surface area contributed by atoms with Gasteiger partial charge in [-0.15, -0.1) is 0 Å². The number of benzene rings is 2. The number of carbonyl (C=O) groups excluding carboxylic acids is 1. The van der Waals surface area contributed by atoms with Gasteiger partial charge in [0, 0.05) is 24.8 Å². The number of aryl methyl sites for hydroxylation is 3. The van der Waals surface area contributed by atoms with Gasteiger partial charge in [-0.25, -0.2) is 4.98 Å². The molecule has 10 heteroatoms. The minimum Gasteiger partial charge on any atom is -0.394 e. The van der Waals surface area contributed by atoms with Crippen molar-refractivity contribution in [1.29, 1.82) is 0 Å². The van der Waals surface area contributed by atoms with E-state index in [4.69, 9.17) is 5.11 Å². The van der Waals surface area contributed by atoms with Gasteiger partial charge in [0.15, 0.2) is 5.69 Å². The fraction of sp³-hybridized carbons (Fsp3) is 0.370. The van der Waals surface area contributed by atoms with E-state index in [1.54, 1.807) is 12.1 Å². The summed E-state index contributed by atoms with van der Waals surface area (Å²) in [5.41, 5.74) is 2.60. The zero-order valence-corrected chi connectivity index (χ0v) is 20.8. The molecule has 0 aliphatic heterocycles. The number of aliphatic hydroxyl groups excluding tert-OH is 4. The first-order valence-electron chi connectivity index (χ1n) is 12.2. The van der Waals surface area contributed by atoms with Crippen LogP contribution in [0.25, 0.3) is 21.9 Å². The fourth-order valence-corrected chi connectivity index (χ4v) is 4.36. The van der Waals surface area contributed by atoms with Crippen LogP contribution in [0.2, 0.25) is 0 Å². The highest BCUT2D eigenvalue weighted by Crippen LogP contribution is 2.18. The van der Waals surface area contributed by atoms with Gasteiger partial charge in [0.2, 0.25) is 0 Å². The molecule has 0 aliphatic carbocycles. The summed E-state index contributed by atoms with van der Waals surface area (Å²) in [6, 6.07) is 13.5. The van der Waals surface area contributed by atoms with Crippen molar-refractivity contribution in [1.82, 2.24) is 19.4 Å². The Balaban J connectivity index is 1.55. The standard InChI is InChI=1S/C27H32N4O6/c1-16-12-19-21(13-17(16)2)31(14-22(33)25(35)23(34)15-32)27(37)24(29-19)26(36)28-9-5-10-30-11-8-18-6-3-4-7-20(18)30/h3-4,6-8,11-13,22-23,25,32-35H,5,9-10,14-15H2,1-2H3,(H,28,36). The smallest absolute Gasteiger partial charge is 0.282 e. The maximum Gasteiger partial charge on any atom is 0.282 e. The normalized spacial score (nSPS) is 14.1. The number of carbonyl (C=O) groups is 1. The number of aromatic nitrogens is 3. The molecule has 0 bridgehead atoms. The number of amides is 1. The average Bonchev–Trinajstić information content (AvgIpc) is 3.31. The van der Waals surface area contributed by atoms with Crippen LogP contribution in [0.4, 0.5) is 0 Å². The van der Waals surface area contributed by atoms with Crippen LogP contribution in [0.15, 0.2) is 53.5 Å². The first-order valence-corrected chi connectivity index (χ1v) is 12.2. The lowest BCUT2D eigenvalue weighted by Crippen LogP contribution is -2.44. The van der Waals surface area contributed by atoms with E-state index in [0.717, 1.165) is 22.0 Å². The van der Waals surface area contributed by atoms with E-state index in [1.807, 2.05) is 50.4 Å². The first-order chi connectivity index (χ1) is 17.7. The third-order valence-electron chi connectivity index (χ3n) is 6.66. The third kappa shape index (κ3) is 5.57. The highest BCUT2D eigenvalue weighted by atomic mass is 16.4. The van der Waals surface area contributed by atoms with E-state index < -0.39 is 42.9 Å². The molecule has 37 heavy (non-hydrogen) atoms. The predicted octanol–water partition coefficient (Wildman–Crippen LogP) is 0.863. The van der Waals surface area contributed by atoms with Gasteiger partial charge < -0.3 is 34.9 Å². The lowest BCUT2D eigenvalue weighted by atomic mass is 10.1. The van der Waals surface area contributed by atoms with Crippen molar-refractivity contribution in [2.75, 3.05) is 13.2 Å². The first kappa shape index (κ1) is 26.5. The molecule has 4 aromatic rings. The quantitative estimate of drug-likeness (QED) is 0.199. The molecule has 0 saturated heterocycles. The summed E-state index contributed by atoms with van der Waals surface area (Å²) < 4.78 is 3.27. The lowest BCUT2D eigenvalue weighted by molar-refractivity contribution is -0.0805. The maximum absolute atomic E-state index is 13.3. The van der Waals surface area contributed by atoms with Crippen molar-refractivity contribution in [2.24, 2.45) is 0 Å². The number of fused-ring (bicyclic) bond motifs is 2. The Morgan fingerprint density at radius 3 is 2.51 bits per heavy atom. The minimum absolute atomic E-state index is 0.321. The van der Waals surface area contributed by atoms with Gasteiger partial charge in [0.25, 0.3) is 11.5 Å². The van der Waals surface area contributed by atoms with E-state index in [2.05, 4.69) is 14.9 Å². The zero-order chi connectivity index (χ0) is 26.7. The number of hydrogen-bond donors (Lipinski definition) is 5. The third-order valence-corrected chi connectivity index (χ3v) is 6.66. The van der Waals surface area contributed by atoms with Crippen LogP contribution in [0.5, 0.6) is 0 Å². The van der Waals surface area contributed by atoms with Crippen LogP contribution in [-0.4, -0.2) is 71.9 Å². The second kappa shape index (κ2) is 11.2. The molecular weight excluding hydrogens is 476 g/mol. The number of nitrogens with one attached hydrogen (secondary N) is 1. The average molecular weight is 509 g/mol. The van der Waals surface area contributed by atoms with E-state index in [9.17, 15) is 24.9 Å². The summed E-state index contributed by atoms with van der Waals surface area (Å²) in [6.07, 6.45) is -2.21. The van der Waals surface area contributed by atoms with Crippen LogP contribution < -0.4 is 10.9 Å². The second-order valence-electron chi connectivity index (χ2n) is 9.29. The molecule has 2 aromatic heterocycles. The zero-order valence-electron chi connectivity index (χ0n) is 20.8. The van der Waals surface area contributed by atoms with Crippen LogP contribution >= 0.6 is 0 Å². The molecule has 0 radical (unpaired) electrons. The number of hydrogen-bond acceptors (Lipinski definition) is 7. The highest BCUT2D eigenvalue weighted by Gasteiger charge is 2.27. The molecule has 196 valence electrons. The van der Waals surface area contributed by atoms with Crippen molar-refractivity contribution in [2.45, 2.75) is 51.7 Å². The minimum atomic E-state index is -1.69. The Hall–Kier alpha value is -3.57. The van der Waals surface area contributed by atoms with Gasteiger partial charge in [-0.05, 0) is 61.0 Å². The molecule has 5 N–H and O–H groups in total. The number of nitrogens with zero attached hydrogens (tertiary/aromatic N) is 3. The number of rotatable bonds is 10. The van der Waals surface area contributed by atoms with Crippen molar-refractivity contribution in [3.05, 3.63) is 75.8 Å². The maximum atomic E-state index is 13.3. The van der Waals surface area contributed by atoms with Gasteiger partial charge in [0.05, 0.1) is 24.2 Å². The van der Waals surface area contributed by atoms with E-state index in [0.29, 0.717) is 30.5 Å². The van der Waals surface area contributed by atoms with Gasteiger partial charge in [0.1, 0.15) is 18.3 Å². The second-order valence-corrected chi connectivity index (χ2v) is 9.29. The SMILES string of the molecule is Cc1cc2nc(C(=O)NCCCn3ccc4ccccc43)c(=O)n(CC(O)C(O)C(O)CO)c2cc1C. The van der Waals surface area contributed by atoms with Crippen molar-refractivity contribution < 1.29 is 25.2 Å². The monoisotopic (exact) mass is 508 g/mol. The van der Waals surface area contributed by atoms with Crippen molar-refractivity contribution in [3.8, 4) is 0 Å². The fourth-order valence-electron chi connectivity index (χ4n) is 4.36. The summed E-state index contributed by atoms with van der Waals surface area (Å²) in [6.45, 7) is 3.58. The Morgan fingerprint density at radius 2 is 1.76 bits per heavy atom. The summed E-state index contributed by atoms with van der Waals surface area (Å²) in [7, 11) is 0. The van der Waals surface area contributed by atoms with Crippen LogP contribution in [-0.2, 0) is 13.1 Å². The molecule has 3 atom stereocenters. The molecule has 10 nitrogen and oxygen atoms in total. The van der Waals surface area contributed by atoms with Crippen molar-refractivity contribution in [3.63, 3.8) is 0 Å². The summed E-state index contributed by atoms with van der Waals surface area (Å²) >= 11 is 0. The van der Waals surface area contributed by atoms with E-state index in [1.165, 1.54) is 4.57 Å². The molecule has 2 aromatic carbocycles. The van der Waals surface area contributed by atoms with Gasteiger partial charge in [-0.3, -0.25) is 9.59 Å². The molecule has 0 spiro atoms. The van der Waals surface area contributed by atoms with Gasteiger partial charge in [-0.1, -0.05) is 18.2 Å². The molecular formula is C27H32N4O6. The van der Waals surface area contributed by atoms with Gasteiger partial charge in [-0.2, -0.15) is 0 Å². The number of aliphatic hydroxyl groups is 4. The molecule has 0 aliphatic rings. The molecule has 4 rings (SSSR count). The number of para-hydroxylation sites is 1. The molecule has 1 amide bonds. The van der Waals surface area contributed by atoms with E-state index in [-0.39, 0.29) is 5.69 Å². The molecule has 3 unspecified atom stereocenters. The summed E-state index contributed by atoms with van der Waals surface area (Å²) in [5.74, 6) is -0.637. The topological polar surface area (TPSA) is 150 Å². The van der Waals surface area contributed by atoms with Gasteiger partial charge >= 0.3 is 0 Å². The summed E-state index contributed by atoms with van der Waals surface area (Å²) in [5, 5.41) is 43.2. The Labute approximate surface area is 213 Å².